The Morgan fingerprint density at radius 3 is 2.65 bits per heavy atom. The molecular formula is C19H16Cl2N2O2S. The van der Waals surface area contributed by atoms with Crippen LogP contribution in [0.2, 0.25) is 10.0 Å². The predicted octanol–water partition coefficient (Wildman–Crippen LogP) is 5.70. The zero-order valence-electron chi connectivity index (χ0n) is 14.0. The number of hydrogen-bond acceptors (Lipinski definition) is 4. The van der Waals surface area contributed by atoms with Crippen molar-refractivity contribution in [1.29, 1.82) is 0 Å². The van der Waals surface area contributed by atoms with E-state index >= 15 is 0 Å². The lowest BCUT2D eigenvalue weighted by atomic mass is 10.2. The second-order valence-corrected chi connectivity index (χ2v) is 7.20. The molecule has 0 atom stereocenters. The topological polar surface area (TPSA) is 51.2 Å². The zero-order valence-corrected chi connectivity index (χ0v) is 16.3. The summed E-state index contributed by atoms with van der Waals surface area (Å²) in [6, 6.07) is 12.9. The van der Waals surface area contributed by atoms with Crippen LogP contribution in [0.5, 0.6) is 5.75 Å². The van der Waals surface area contributed by atoms with E-state index in [0.29, 0.717) is 26.6 Å². The molecule has 1 N–H and O–H groups in total. The molecule has 0 aliphatic carbocycles. The second-order valence-electron chi connectivity index (χ2n) is 5.50. The molecular weight excluding hydrogens is 391 g/mol. The molecule has 0 aliphatic heterocycles. The number of thiazole rings is 1. The zero-order chi connectivity index (χ0) is 18.5. The molecule has 0 radical (unpaired) electrons. The Bertz CT molecular complexity index is 910. The number of halogens is 2. The normalized spacial score (nSPS) is 10.6. The van der Waals surface area contributed by atoms with Gasteiger partial charge in [-0.2, -0.15) is 0 Å². The molecule has 0 unspecified atom stereocenters. The van der Waals surface area contributed by atoms with Crippen LogP contribution in [0.3, 0.4) is 0 Å². The summed E-state index contributed by atoms with van der Waals surface area (Å²) in [7, 11) is 0. The van der Waals surface area contributed by atoms with Crippen molar-refractivity contribution in [2.75, 3.05) is 11.9 Å². The molecule has 0 saturated heterocycles. The quantitative estimate of drug-likeness (QED) is 0.571. The van der Waals surface area contributed by atoms with Crippen molar-refractivity contribution in [3.63, 3.8) is 0 Å². The van der Waals surface area contributed by atoms with Crippen LogP contribution in [-0.2, 0) is 11.2 Å². The van der Waals surface area contributed by atoms with Gasteiger partial charge in [-0.15, -0.1) is 11.3 Å². The first-order valence-corrected chi connectivity index (χ1v) is 9.61. The second kappa shape index (κ2) is 8.54. The van der Waals surface area contributed by atoms with E-state index in [0.717, 1.165) is 12.0 Å². The molecule has 0 fully saturated rings. The first-order valence-electron chi connectivity index (χ1n) is 7.97. The van der Waals surface area contributed by atoms with E-state index in [1.54, 1.807) is 18.2 Å². The Morgan fingerprint density at radius 1 is 1.19 bits per heavy atom. The van der Waals surface area contributed by atoms with Gasteiger partial charge >= 0.3 is 0 Å². The maximum absolute atomic E-state index is 12.1. The summed E-state index contributed by atoms with van der Waals surface area (Å²) in [6.45, 7) is 2.00. The predicted molar refractivity (Wildman–Crippen MR) is 108 cm³/mol. The largest absolute Gasteiger partial charge is 0.484 e. The summed E-state index contributed by atoms with van der Waals surface area (Å²) in [4.78, 5) is 16.4. The van der Waals surface area contributed by atoms with E-state index in [1.807, 2.05) is 29.6 Å². The van der Waals surface area contributed by atoms with Crippen LogP contribution in [-0.4, -0.2) is 17.5 Å². The maximum atomic E-state index is 12.1. The Balaban J connectivity index is 1.58. The van der Waals surface area contributed by atoms with Crippen molar-refractivity contribution in [3.05, 3.63) is 63.5 Å². The fraction of sp³-hybridized carbons (Fsp3) is 0.158. The van der Waals surface area contributed by atoms with Crippen LogP contribution in [0.15, 0.2) is 47.8 Å². The summed E-state index contributed by atoms with van der Waals surface area (Å²) in [5, 5.41) is 6.12. The van der Waals surface area contributed by atoms with Crippen molar-refractivity contribution >= 4 is 45.6 Å². The maximum Gasteiger partial charge on any atom is 0.264 e. The minimum absolute atomic E-state index is 0.0813. The number of anilines is 1. The number of amides is 1. The molecule has 0 aliphatic rings. The Hall–Kier alpha value is -2.08. The lowest BCUT2D eigenvalue weighted by Gasteiger charge is -2.06. The first-order chi connectivity index (χ1) is 12.5. The number of nitrogens with zero attached hydrogens (tertiary/aromatic N) is 1. The van der Waals surface area contributed by atoms with E-state index in [4.69, 9.17) is 27.9 Å². The monoisotopic (exact) mass is 406 g/mol. The van der Waals surface area contributed by atoms with Gasteiger partial charge < -0.3 is 4.74 Å². The minimum Gasteiger partial charge on any atom is -0.484 e. The molecule has 1 heterocycles. The van der Waals surface area contributed by atoms with Crippen molar-refractivity contribution in [3.8, 4) is 17.0 Å². The van der Waals surface area contributed by atoms with Crippen LogP contribution in [0.25, 0.3) is 11.3 Å². The van der Waals surface area contributed by atoms with E-state index in [9.17, 15) is 4.79 Å². The average molecular weight is 407 g/mol. The van der Waals surface area contributed by atoms with Crippen LogP contribution < -0.4 is 10.1 Å². The molecule has 3 aromatic rings. The highest BCUT2D eigenvalue weighted by Crippen LogP contribution is 2.32. The first kappa shape index (κ1) is 18.7. The average Bonchev–Trinajstić information content (AvgIpc) is 3.08. The molecule has 2 aromatic carbocycles. The third-order valence-corrected chi connectivity index (χ3v) is 4.96. The fourth-order valence-corrected chi connectivity index (χ4v) is 3.51. The summed E-state index contributed by atoms with van der Waals surface area (Å²) in [6.07, 6.45) is 0.963. The van der Waals surface area contributed by atoms with Gasteiger partial charge in [0, 0.05) is 16.0 Å². The standard InChI is InChI=1S/C19H16Cl2N2O2S/c1-2-12-3-6-14(7-4-12)25-10-18(24)23-19-22-17(11-26-19)15-8-5-13(20)9-16(15)21/h3-9,11H,2,10H2,1H3,(H,22,23,24). The number of hydrogen-bond donors (Lipinski definition) is 1. The Morgan fingerprint density at radius 2 is 1.96 bits per heavy atom. The molecule has 1 amide bonds. The van der Waals surface area contributed by atoms with Gasteiger partial charge in [0.2, 0.25) is 0 Å². The van der Waals surface area contributed by atoms with Crippen LogP contribution in [0, 0.1) is 0 Å². The van der Waals surface area contributed by atoms with Gasteiger partial charge in [-0.05, 0) is 42.3 Å². The summed E-state index contributed by atoms with van der Waals surface area (Å²) in [5.41, 5.74) is 2.67. The number of aromatic nitrogens is 1. The minimum atomic E-state index is -0.271. The molecule has 26 heavy (non-hydrogen) atoms. The van der Waals surface area contributed by atoms with E-state index in [1.165, 1.54) is 16.9 Å². The summed E-state index contributed by atoms with van der Waals surface area (Å²) < 4.78 is 5.49. The van der Waals surface area contributed by atoms with Gasteiger partial charge in [-0.3, -0.25) is 10.1 Å². The highest BCUT2D eigenvalue weighted by molar-refractivity contribution is 7.14. The van der Waals surface area contributed by atoms with Gasteiger partial charge in [0.15, 0.2) is 11.7 Å². The molecule has 134 valence electrons. The van der Waals surface area contributed by atoms with Gasteiger partial charge in [-0.1, -0.05) is 42.3 Å². The number of benzene rings is 2. The third kappa shape index (κ3) is 4.75. The number of carbonyl (C=O) groups is 1. The van der Waals surface area contributed by atoms with Gasteiger partial charge in [-0.25, -0.2) is 4.98 Å². The molecule has 7 heteroatoms. The van der Waals surface area contributed by atoms with Gasteiger partial charge in [0.1, 0.15) is 5.75 Å². The van der Waals surface area contributed by atoms with Crippen molar-refractivity contribution in [1.82, 2.24) is 4.98 Å². The lowest BCUT2D eigenvalue weighted by Crippen LogP contribution is -2.20. The van der Waals surface area contributed by atoms with Crippen LogP contribution in [0.1, 0.15) is 12.5 Å². The summed E-state index contributed by atoms with van der Waals surface area (Å²) >= 11 is 13.4. The molecule has 4 nitrogen and oxygen atoms in total. The molecule has 0 saturated carbocycles. The SMILES string of the molecule is CCc1ccc(OCC(=O)Nc2nc(-c3ccc(Cl)cc3Cl)cs2)cc1. The smallest absolute Gasteiger partial charge is 0.264 e. The Labute approximate surface area is 165 Å². The summed E-state index contributed by atoms with van der Waals surface area (Å²) in [5.74, 6) is 0.387. The van der Waals surface area contributed by atoms with Crippen molar-refractivity contribution < 1.29 is 9.53 Å². The molecule has 1 aromatic heterocycles. The third-order valence-electron chi connectivity index (χ3n) is 3.66. The number of carbonyl (C=O) groups excluding carboxylic acids is 1. The van der Waals surface area contributed by atoms with Crippen LogP contribution >= 0.6 is 34.5 Å². The van der Waals surface area contributed by atoms with Crippen molar-refractivity contribution in [2.45, 2.75) is 13.3 Å². The van der Waals surface area contributed by atoms with E-state index in [-0.39, 0.29) is 12.5 Å². The van der Waals surface area contributed by atoms with Gasteiger partial charge in [0.25, 0.3) is 5.91 Å². The number of aryl methyl sites for hydroxylation is 1. The van der Waals surface area contributed by atoms with Crippen LogP contribution in [0.4, 0.5) is 5.13 Å². The molecule has 0 spiro atoms. The lowest BCUT2D eigenvalue weighted by molar-refractivity contribution is -0.118. The molecule has 0 bridgehead atoms. The van der Waals surface area contributed by atoms with E-state index in [2.05, 4.69) is 17.2 Å². The number of rotatable bonds is 6. The van der Waals surface area contributed by atoms with Gasteiger partial charge in [0.05, 0.1) is 10.7 Å². The fourth-order valence-electron chi connectivity index (χ4n) is 2.28. The van der Waals surface area contributed by atoms with Crippen molar-refractivity contribution in [2.24, 2.45) is 0 Å². The Kier molecular flexibility index (Phi) is 6.14. The highest BCUT2D eigenvalue weighted by Gasteiger charge is 2.11. The molecule has 3 rings (SSSR count). The highest BCUT2D eigenvalue weighted by atomic mass is 35.5. The number of nitrogens with one attached hydrogen (secondary N) is 1. The van der Waals surface area contributed by atoms with E-state index < -0.39 is 0 Å². The number of ether oxygens (including phenoxy) is 1.